The molecule has 1 aliphatic rings. The number of nitrogens with two attached hydrogens (primary N) is 1. The van der Waals surface area contributed by atoms with E-state index in [-0.39, 0.29) is 25.0 Å². The first-order valence-corrected chi connectivity index (χ1v) is 16.5. The van der Waals surface area contributed by atoms with E-state index in [2.05, 4.69) is 17.6 Å². The summed E-state index contributed by atoms with van der Waals surface area (Å²) in [6.45, 7) is 2.62. The van der Waals surface area contributed by atoms with Crippen LogP contribution in [0.2, 0.25) is 0 Å². The lowest BCUT2D eigenvalue weighted by molar-refractivity contribution is -0.301. The number of aliphatic hydroxyl groups is 4. The topological polar surface area (TPSA) is 184 Å². The van der Waals surface area contributed by atoms with E-state index in [0.29, 0.717) is 25.8 Å². The van der Waals surface area contributed by atoms with Crippen LogP contribution in [0.4, 0.5) is 0 Å². The van der Waals surface area contributed by atoms with E-state index < -0.39 is 43.4 Å². The zero-order chi connectivity index (χ0) is 31.0. The Morgan fingerprint density at radius 2 is 1.40 bits per heavy atom. The van der Waals surface area contributed by atoms with Gasteiger partial charge in [0.05, 0.1) is 13.2 Å². The lowest BCUT2D eigenvalue weighted by atomic mass is 9.99. The van der Waals surface area contributed by atoms with E-state index in [1.807, 2.05) is 0 Å². The van der Waals surface area contributed by atoms with Gasteiger partial charge in [0.15, 0.2) is 6.29 Å². The molecule has 11 heteroatoms. The van der Waals surface area contributed by atoms with E-state index in [0.717, 1.165) is 32.1 Å². The molecule has 0 aromatic carbocycles. The van der Waals surface area contributed by atoms with Gasteiger partial charge in [-0.05, 0) is 38.6 Å². The molecular weight excluding hydrogens is 542 g/mol. The summed E-state index contributed by atoms with van der Waals surface area (Å²) in [4.78, 5) is 25.3. The highest BCUT2D eigenvalue weighted by atomic mass is 16.7. The summed E-state index contributed by atoms with van der Waals surface area (Å²) < 4.78 is 10.8. The Morgan fingerprint density at radius 3 is 1.98 bits per heavy atom. The van der Waals surface area contributed by atoms with Crippen molar-refractivity contribution in [3.63, 3.8) is 0 Å². The maximum absolute atomic E-state index is 12.8. The SMILES string of the molecule is CCCCCCCCCCCCCCCC(=O)N[C@@H](CCCCN)C(=O)NCCCO[C@@H]1O[C@H](CO)[C@H](O)[C@H](O)[C@H]1O. The molecule has 11 nitrogen and oxygen atoms in total. The van der Waals surface area contributed by atoms with Gasteiger partial charge in [0, 0.05) is 13.0 Å². The van der Waals surface area contributed by atoms with Crippen molar-refractivity contribution in [1.82, 2.24) is 10.6 Å². The number of hydrogen-bond donors (Lipinski definition) is 7. The second kappa shape index (κ2) is 25.0. The molecule has 0 aliphatic carbocycles. The molecule has 0 bridgehead atoms. The van der Waals surface area contributed by atoms with E-state index in [1.165, 1.54) is 64.2 Å². The Labute approximate surface area is 253 Å². The molecule has 0 spiro atoms. The second-order valence-electron chi connectivity index (χ2n) is 11.6. The highest BCUT2D eigenvalue weighted by Gasteiger charge is 2.43. The van der Waals surface area contributed by atoms with E-state index >= 15 is 0 Å². The third-order valence-corrected chi connectivity index (χ3v) is 7.86. The van der Waals surface area contributed by atoms with Gasteiger partial charge in [0.1, 0.15) is 30.5 Å². The fourth-order valence-corrected chi connectivity index (χ4v) is 5.14. The zero-order valence-corrected chi connectivity index (χ0v) is 26.0. The molecule has 0 radical (unpaired) electrons. The Morgan fingerprint density at radius 1 is 0.810 bits per heavy atom. The number of aliphatic hydroxyl groups excluding tert-OH is 4. The van der Waals surface area contributed by atoms with Gasteiger partial charge in [-0.2, -0.15) is 0 Å². The number of carbonyl (C=O) groups is 2. The van der Waals surface area contributed by atoms with Gasteiger partial charge in [-0.15, -0.1) is 0 Å². The summed E-state index contributed by atoms with van der Waals surface area (Å²) in [7, 11) is 0. The maximum Gasteiger partial charge on any atom is 0.242 e. The van der Waals surface area contributed by atoms with Gasteiger partial charge >= 0.3 is 0 Å². The van der Waals surface area contributed by atoms with Crippen LogP contribution in [0.1, 0.15) is 122 Å². The number of hydrogen-bond acceptors (Lipinski definition) is 9. The summed E-state index contributed by atoms with van der Waals surface area (Å²) in [5, 5.41) is 44.7. The molecule has 1 rings (SSSR count). The fourth-order valence-electron chi connectivity index (χ4n) is 5.14. The third-order valence-electron chi connectivity index (χ3n) is 7.86. The van der Waals surface area contributed by atoms with E-state index in [9.17, 15) is 30.0 Å². The molecule has 1 saturated heterocycles. The van der Waals surface area contributed by atoms with Gasteiger partial charge in [-0.25, -0.2) is 0 Å². The quantitative estimate of drug-likeness (QED) is 0.0730. The second-order valence-corrected chi connectivity index (χ2v) is 11.6. The van der Waals surface area contributed by atoms with Gasteiger partial charge in [0.25, 0.3) is 0 Å². The van der Waals surface area contributed by atoms with Crippen molar-refractivity contribution in [3.05, 3.63) is 0 Å². The van der Waals surface area contributed by atoms with Gasteiger partial charge < -0.3 is 46.3 Å². The highest BCUT2D eigenvalue weighted by Crippen LogP contribution is 2.22. The molecular formula is C31H61N3O8. The minimum absolute atomic E-state index is 0.103. The van der Waals surface area contributed by atoms with Crippen LogP contribution >= 0.6 is 0 Å². The van der Waals surface area contributed by atoms with Crippen LogP contribution in [0.15, 0.2) is 0 Å². The number of nitrogens with one attached hydrogen (secondary N) is 2. The van der Waals surface area contributed by atoms with Crippen molar-refractivity contribution in [1.29, 1.82) is 0 Å². The number of ether oxygens (including phenoxy) is 2. The van der Waals surface area contributed by atoms with Crippen LogP contribution in [0.25, 0.3) is 0 Å². The molecule has 1 fully saturated rings. The Hall–Kier alpha value is -1.34. The molecule has 6 atom stereocenters. The zero-order valence-electron chi connectivity index (χ0n) is 26.0. The predicted octanol–water partition coefficient (Wildman–Crippen LogP) is 2.40. The molecule has 0 aromatic heterocycles. The van der Waals surface area contributed by atoms with E-state index in [1.54, 1.807) is 0 Å². The monoisotopic (exact) mass is 603 g/mol. The average Bonchev–Trinajstić information content (AvgIpc) is 2.98. The maximum atomic E-state index is 12.8. The normalized spacial score (nSPS) is 23.0. The van der Waals surface area contributed by atoms with Crippen molar-refractivity contribution in [2.45, 2.75) is 159 Å². The highest BCUT2D eigenvalue weighted by molar-refractivity contribution is 5.87. The molecule has 0 saturated carbocycles. The number of amides is 2. The van der Waals surface area contributed by atoms with Gasteiger partial charge in [-0.1, -0.05) is 84.0 Å². The largest absolute Gasteiger partial charge is 0.394 e. The molecule has 8 N–H and O–H groups in total. The van der Waals surface area contributed by atoms with Crippen LogP contribution in [0, 0.1) is 0 Å². The third kappa shape index (κ3) is 17.1. The predicted molar refractivity (Wildman–Crippen MR) is 162 cm³/mol. The summed E-state index contributed by atoms with van der Waals surface area (Å²) in [6.07, 6.45) is 12.3. The average molecular weight is 604 g/mol. The van der Waals surface area contributed by atoms with Crippen molar-refractivity contribution in [3.8, 4) is 0 Å². The lowest BCUT2D eigenvalue weighted by Gasteiger charge is -2.39. The summed E-state index contributed by atoms with van der Waals surface area (Å²) in [5.41, 5.74) is 5.60. The Balaban J connectivity index is 2.22. The first-order valence-electron chi connectivity index (χ1n) is 16.5. The molecule has 0 unspecified atom stereocenters. The summed E-state index contributed by atoms with van der Waals surface area (Å²) in [5.74, 6) is -0.379. The summed E-state index contributed by atoms with van der Waals surface area (Å²) in [6, 6.07) is -0.627. The van der Waals surface area contributed by atoms with Crippen LogP contribution in [-0.2, 0) is 19.1 Å². The van der Waals surface area contributed by atoms with Crippen molar-refractivity contribution in [2.24, 2.45) is 5.73 Å². The molecule has 2 amide bonds. The molecule has 0 aromatic rings. The van der Waals surface area contributed by atoms with Gasteiger partial charge in [0.2, 0.25) is 11.8 Å². The lowest BCUT2D eigenvalue weighted by Crippen LogP contribution is -2.59. The molecule has 1 heterocycles. The molecule has 248 valence electrons. The minimum Gasteiger partial charge on any atom is -0.394 e. The Bertz CT molecular complexity index is 685. The summed E-state index contributed by atoms with van der Waals surface area (Å²) >= 11 is 0. The van der Waals surface area contributed by atoms with Crippen LogP contribution in [-0.4, -0.2) is 95.3 Å². The van der Waals surface area contributed by atoms with Crippen LogP contribution in [0.3, 0.4) is 0 Å². The van der Waals surface area contributed by atoms with Crippen molar-refractivity contribution < 1.29 is 39.5 Å². The number of carbonyl (C=O) groups excluding carboxylic acids is 2. The Kier molecular flexibility index (Phi) is 23.1. The van der Waals surface area contributed by atoms with Crippen molar-refractivity contribution in [2.75, 3.05) is 26.3 Å². The fraction of sp³-hybridized carbons (Fsp3) is 0.935. The minimum atomic E-state index is -1.50. The van der Waals surface area contributed by atoms with Crippen LogP contribution < -0.4 is 16.4 Å². The first-order chi connectivity index (χ1) is 20.3. The first kappa shape index (κ1) is 38.7. The van der Waals surface area contributed by atoms with E-state index in [4.69, 9.17) is 15.2 Å². The standard InChI is InChI=1S/C31H61N3O8/c1-2-3-4-5-6-7-8-9-10-11-12-13-14-19-26(36)34-24(18-15-16-20-32)30(40)33-21-17-22-41-31-29(39)28(38)27(37)25(23-35)42-31/h24-25,27-29,31,35,37-39H,2-23,32H2,1H3,(H,33,40)(H,34,36)/t24-,25+,27-,28-,29+,31+/m0/s1. The van der Waals surface area contributed by atoms with Crippen molar-refractivity contribution >= 4 is 11.8 Å². The smallest absolute Gasteiger partial charge is 0.242 e. The molecule has 1 aliphatic heterocycles. The number of unbranched alkanes of at least 4 members (excludes halogenated alkanes) is 13. The van der Waals surface area contributed by atoms with Gasteiger partial charge in [-0.3, -0.25) is 9.59 Å². The van der Waals surface area contributed by atoms with Crippen LogP contribution in [0.5, 0.6) is 0 Å². The number of rotatable bonds is 26. The molecule has 42 heavy (non-hydrogen) atoms.